The molecule has 2 aromatic rings. The molecule has 1 aromatic heterocycles. The normalized spacial score (nSPS) is 12.7. The second-order valence-corrected chi connectivity index (χ2v) is 5.60. The molecule has 2 rings (SSSR count). The second kappa shape index (κ2) is 5.13. The van der Waals surface area contributed by atoms with Gasteiger partial charge in [0.1, 0.15) is 0 Å². The van der Waals surface area contributed by atoms with Crippen LogP contribution in [0.4, 0.5) is 0 Å². The Bertz CT molecular complexity index is 465. The van der Waals surface area contributed by atoms with E-state index in [0.29, 0.717) is 0 Å². The van der Waals surface area contributed by atoms with E-state index in [1.54, 1.807) is 11.3 Å². The van der Waals surface area contributed by atoms with Crippen LogP contribution in [0.3, 0.4) is 0 Å². The molecular formula is C13H14BrNS. The van der Waals surface area contributed by atoms with E-state index in [2.05, 4.69) is 63.9 Å². The monoisotopic (exact) mass is 295 g/mol. The molecule has 0 amide bonds. The van der Waals surface area contributed by atoms with Crippen molar-refractivity contribution in [3.8, 4) is 0 Å². The average Bonchev–Trinajstić information content (AvgIpc) is 2.78. The van der Waals surface area contributed by atoms with Gasteiger partial charge in [-0.25, -0.2) is 0 Å². The van der Waals surface area contributed by atoms with E-state index in [-0.39, 0.29) is 6.04 Å². The van der Waals surface area contributed by atoms with Gasteiger partial charge in [-0.15, -0.1) is 11.3 Å². The third kappa shape index (κ3) is 2.37. The lowest BCUT2D eigenvalue weighted by Crippen LogP contribution is -2.17. The van der Waals surface area contributed by atoms with E-state index in [4.69, 9.17) is 0 Å². The molecule has 1 nitrogen and oxygen atoms in total. The van der Waals surface area contributed by atoms with Gasteiger partial charge < -0.3 is 5.32 Å². The molecule has 16 heavy (non-hydrogen) atoms. The van der Waals surface area contributed by atoms with Crippen molar-refractivity contribution >= 4 is 27.3 Å². The van der Waals surface area contributed by atoms with Crippen molar-refractivity contribution < 1.29 is 0 Å². The minimum Gasteiger partial charge on any atom is -0.309 e. The zero-order chi connectivity index (χ0) is 11.5. The molecule has 0 saturated carbocycles. The third-order valence-electron chi connectivity index (χ3n) is 2.58. The number of halogens is 1. The summed E-state index contributed by atoms with van der Waals surface area (Å²) >= 11 is 5.40. The lowest BCUT2D eigenvalue weighted by molar-refractivity contribution is 0.700. The molecule has 1 atom stereocenters. The van der Waals surface area contributed by atoms with Gasteiger partial charge in [0.15, 0.2) is 0 Å². The summed E-state index contributed by atoms with van der Waals surface area (Å²) < 4.78 is 1.16. The largest absolute Gasteiger partial charge is 0.309 e. The Hall–Kier alpha value is -0.640. The van der Waals surface area contributed by atoms with Gasteiger partial charge in [-0.1, -0.05) is 39.7 Å². The molecule has 1 heterocycles. The van der Waals surface area contributed by atoms with Gasteiger partial charge in [0.2, 0.25) is 0 Å². The van der Waals surface area contributed by atoms with Crippen LogP contribution in [0.15, 0.2) is 40.2 Å². The molecule has 3 heteroatoms. The SMILES string of the molecule is CNC(c1cccs1)c1cc(C)ccc1Br. The first-order valence-corrected chi connectivity index (χ1v) is 6.86. The van der Waals surface area contributed by atoms with Crippen LogP contribution in [0, 0.1) is 6.92 Å². The fraction of sp³-hybridized carbons (Fsp3) is 0.231. The first kappa shape index (κ1) is 11.8. The molecule has 0 bridgehead atoms. The zero-order valence-corrected chi connectivity index (χ0v) is 11.7. The Morgan fingerprint density at radius 1 is 1.31 bits per heavy atom. The van der Waals surface area contributed by atoms with E-state index in [9.17, 15) is 0 Å². The van der Waals surface area contributed by atoms with Crippen LogP contribution in [0.2, 0.25) is 0 Å². The van der Waals surface area contributed by atoms with Crippen molar-refractivity contribution in [3.05, 3.63) is 56.2 Å². The van der Waals surface area contributed by atoms with Gasteiger partial charge in [0.05, 0.1) is 6.04 Å². The van der Waals surface area contributed by atoms with Crippen LogP contribution in [0.25, 0.3) is 0 Å². The van der Waals surface area contributed by atoms with E-state index in [1.807, 2.05) is 7.05 Å². The highest BCUT2D eigenvalue weighted by molar-refractivity contribution is 9.10. The Morgan fingerprint density at radius 3 is 2.75 bits per heavy atom. The lowest BCUT2D eigenvalue weighted by atomic mass is 10.0. The fourth-order valence-electron chi connectivity index (χ4n) is 1.79. The molecule has 0 aliphatic rings. The molecular weight excluding hydrogens is 282 g/mol. The van der Waals surface area contributed by atoms with Crippen LogP contribution in [-0.4, -0.2) is 7.05 Å². The molecule has 0 radical (unpaired) electrons. The minimum atomic E-state index is 0.272. The van der Waals surface area contributed by atoms with E-state index < -0.39 is 0 Å². The summed E-state index contributed by atoms with van der Waals surface area (Å²) in [6, 6.07) is 11.0. The summed E-state index contributed by atoms with van der Waals surface area (Å²) in [4.78, 5) is 1.34. The smallest absolute Gasteiger partial charge is 0.0679 e. The van der Waals surface area contributed by atoms with Crippen molar-refractivity contribution in [2.45, 2.75) is 13.0 Å². The average molecular weight is 296 g/mol. The maximum atomic E-state index is 3.62. The Kier molecular flexibility index (Phi) is 3.79. The number of rotatable bonds is 3. The van der Waals surface area contributed by atoms with Crippen LogP contribution in [-0.2, 0) is 0 Å². The number of hydrogen-bond donors (Lipinski definition) is 1. The van der Waals surface area contributed by atoms with Crippen LogP contribution in [0.5, 0.6) is 0 Å². The maximum absolute atomic E-state index is 3.62. The van der Waals surface area contributed by atoms with Gasteiger partial charge in [-0.05, 0) is 37.0 Å². The number of hydrogen-bond acceptors (Lipinski definition) is 2. The summed E-state index contributed by atoms with van der Waals surface area (Å²) in [6.07, 6.45) is 0. The summed E-state index contributed by atoms with van der Waals surface area (Å²) in [7, 11) is 2.00. The second-order valence-electron chi connectivity index (χ2n) is 3.76. The van der Waals surface area contributed by atoms with E-state index >= 15 is 0 Å². The third-order valence-corrected chi connectivity index (χ3v) is 4.24. The highest BCUT2D eigenvalue weighted by Crippen LogP contribution is 2.31. The number of aryl methyl sites for hydroxylation is 1. The van der Waals surface area contributed by atoms with Crippen molar-refractivity contribution in [2.75, 3.05) is 7.05 Å². The lowest BCUT2D eigenvalue weighted by Gasteiger charge is -2.17. The summed E-state index contributed by atoms with van der Waals surface area (Å²) in [5, 5.41) is 5.48. The molecule has 0 saturated heterocycles. The molecule has 0 spiro atoms. The predicted molar refractivity (Wildman–Crippen MR) is 74.1 cm³/mol. The van der Waals surface area contributed by atoms with Crippen molar-refractivity contribution in [1.29, 1.82) is 0 Å². The van der Waals surface area contributed by atoms with E-state index in [0.717, 1.165) is 4.47 Å². The molecule has 1 N–H and O–H groups in total. The molecule has 1 aromatic carbocycles. The maximum Gasteiger partial charge on any atom is 0.0679 e. The first-order valence-electron chi connectivity index (χ1n) is 5.19. The Morgan fingerprint density at radius 2 is 2.12 bits per heavy atom. The minimum absolute atomic E-state index is 0.272. The number of nitrogens with one attached hydrogen (secondary N) is 1. The quantitative estimate of drug-likeness (QED) is 0.898. The predicted octanol–water partition coefficient (Wildman–Crippen LogP) is 4.13. The molecule has 0 aliphatic heterocycles. The number of thiophene rings is 1. The van der Waals surface area contributed by atoms with Gasteiger partial charge in [-0.3, -0.25) is 0 Å². The molecule has 0 fully saturated rings. The molecule has 0 aliphatic carbocycles. The van der Waals surface area contributed by atoms with Gasteiger partial charge in [-0.2, -0.15) is 0 Å². The van der Waals surface area contributed by atoms with Crippen LogP contribution < -0.4 is 5.32 Å². The van der Waals surface area contributed by atoms with Gasteiger partial charge >= 0.3 is 0 Å². The summed E-state index contributed by atoms with van der Waals surface area (Å²) in [5.74, 6) is 0. The first-order chi connectivity index (χ1) is 7.72. The van der Waals surface area contributed by atoms with E-state index in [1.165, 1.54) is 16.0 Å². The Labute approximate surface area is 109 Å². The Balaban J connectivity index is 2.44. The summed E-state index contributed by atoms with van der Waals surface area (Å²) in [6.45, 7) is 2.12. The van der Waals surface area contributed by atoms with Crippen molar-refractivity contribution in [2.24, 2.45) is 0 Å². The standard InChI is InChI=1S/C13H14BrNS/c1-9-5-6-11(14)10(8-9)13(15-2)12-4-3-7-16-12/h3-8,13,15H,1-2H3. The zero-order valence-electron chi connectivity index (χ0n) is 9.33. The van der Waals surface area contributed by atoms with Crippen molar-refractivity contribution in [1.82, 2.24) is 5.32 Å². The van der Waals surface area contributed by atoms with Crippen molar-refractivity contribution in [3.63, 3.8) is 0 Å². The topological polar surface area (TPSA) is 12.0 Å². The molecule has 84 valence electrons. The number of benzene rings is 1. The highest BCUT2D eigenvalue weighted by atomic mass is 79.9. The summed E-state index contributed by atoms with van der Waals surface area (Å²) in [5.41, 5.74) is 2.58. The van der Waals surface area contributed by atoms with Gasteiger partial charge in [0, 0.05) is 9.35 Å². The van der Waals surface area contributed by atoms with Crippen LogP contribution >= 0.6 is 27.3 Å². The molecule has 1 unspecified atom stereocenters. The highest BCUT2D eigenvalue weighted by Gasteiger charge is 2.15. The van der Waals surface area contributed by atoms with Gasteiger partial charge in [0.25, 0.3) is 0 Å². The fourth-order valence-corrected chi connectivity index (χ4v) is 3.12. The van der Waals surface area contributed by atoms with Crippen LogP contribution in [0.1, 0.15) is 22.0 Å².